The second-order valence-corrected chi connectivity index (χ2v) is 7.59. The van der Waals surface area contributed by atoms with Crippen molar-refractivity contribution in [2.75, 3.05) is 11.9 Å². The van der Waals surface area contributed by atoms with Crippen LogP contribution in [0.25, 0.3) is 10.1 Å². The van der Waals surface area contributed by atoms with Gasteiger partial charge in [-0.2, -0.15) is 5.21 Å². The van der Waals surface area contributed by atoms with Gasteiger partial charge in [0, 0.05) is 19.9 Å². The lowest BCUT2D eigenvalue weighted by molar-refractivity contribution is 0.102. The number of benzene rings is 2. The summed E-state index contributed by atoms with van der Waals surface area (Å²) in [6.07, 6.45) is 0. The molecule has 0 saturated heterocycles. The Hall–Kier alpha value is -2.91. The Kier molecular flexibility index (Phi) is 5.03. The largest absolute Gasteiger partial charge is 0.494 e. The fourth-order valence-electron chi connectivity index (χ4n) is 2.54. The highest BCUT2D eigenvalue weighted by molar-refractivity contribution is 7.99. The molecule has 4 rings (SSSR count). The summed E-state index contributed by atoms with van der Waals surface area (Å²) in [6, 6.07) is 15.8. The van der Waals surface area contributed by atoms with Crippen LogP contribution in [-0.2, 0) is 0 Å². The van der Waals surface area contributed by atoms with Gasteiger partial charge in [-0.25, -0.2) is 0 Å². The summed E-state index contributed by atoms with van der Waals surface area (Å²) in [5.74, 6) is 0.653. The van der Waals surface area contributed by atoms with E-state index in [4.69, 9.17) is 4.74 Å². The van der Waals surface area contributed by atoms with Crippen LogP contribution in [0.5, 0.6) is 5.75 Å². The van der Waals surface area contributed by atoms with Crippen molar-refractivity contribution >= 4 is 45.0 Å². The number of fused-ring (bicyclic) bond motifs is 1. The molecule has 1 amide bonds. The summed E-state index contributed by atoms with van der Waals surface area (Å²) in [7, 11) is 0. The third kappa shape index (κ3) is 3.79. The van der Waals surface area contributed by atoms with Gasteiger partial charge in [0.05, 0.1) is 6.61 Å². The monoisotopic (exact) mass is 397 g/mol. The summed E-state index contributed by atoms with van der Waals surface area (Å²) in [5.41, 5.74) is 0. The molecule has 0 fully saturated rings. The molecule has 0 aliphatic carbocycles. The Bertz CT molecular complexity index is 1060. The summed E-state index contributed by atoms with van der Waals surface area (Å²) in [4.78, 5) is 15.4. The lowest BCUT2D eigenvalue weighted by Crippen LogP contribution is -2.12. The van der Waals surface area contributed by atoms with Gasteiger partial charge in [-0.1, -0.05) is 35.1 Å². The van der Waals surface area contributed by atoms with Gasteiger partial charge >= 0.3 is 0 Å². The SMILES string of the molecule is CCOc1ccc2sc(C(=O)Nc3nn[nH]n3)c(Sc3ccccc3)c2c1. The Balaban J connectivity index is 1.78. The van der Waals surface area contributed by atoms with Crippen LogP contribution in [0, 0.1) is 0 Å². The molecule has 0 spiro atoms. The fraction of sp³-hybridized carbons (Fsp3) is 0.111. The van der Waals surface area contributed by atoms with E-state index in [0.717, 1.165) is 25.6 Å². The van der Waals surface area contributed by atoms with Crippen molar-refractivity contribution in [3.63, 3.8) is 0 Å². The second-order valence-electron chi connectivity index (χ2n) is 5.46. The van der Waals surface area contributed by atoms with Gasteiger partial charge in [0.25, 0.3) is 11.9 Å². The molecule has 0 aliphatic rings. The highest BCUT2D eigenvalue weighted by Crippen LogP contribution is 2.43. The predicted molar refractivity (Wildman–Crippen MR) is 106 cm³/mol. The van der Waals surface area contributed by atoms with Gasteiger partial charge in [-0.3, -0.25) is 10.1 Å². The first-order valence-corrected chi connectivity index (χ1v) is 9.85. The van der Waals surface area contributed by atoms with E-state index >= 15 is 0 Å². The molecule has 2 aromatic heterocycles. The zero-order chi connectivity index (χ0) is 18.6. The number of nitrogens with zero attached hydrogens (tertiary/aromatic N) is 3. The topological polar surface area (TPSA) is 92.8 Å². The van der Waals surface area contributed by atoms with E-state index in [-0.39, 0.29) is 11.9 Å². The molecular weight excluding hydrogens is 382 g/mol. The highest BCUT2D eigenvalue weighted by atomic mass is 32.2. The van der Waals surface area contributed by atoms with Crippen molar-refractivity contribution in [2.24, 2.45) is 0 Å². The van der Waals surface area contributed by atoms with Crippen LogP contribution >= 0.6 is 23.1 Å². The number of aromatic amines is 1. The maximum Gasteiger partial charge on any atom is 0.270 e. The first kappa shape index (κ1) is 17.5. The minimum absolute atomic E-state index is 0.142. The van der Waals surface area contributed by atoms with Crippen LogP contribution in [0.2, 0.25) is 0 Å². The van der Waals surface area contributed by atoms with E-state index in [1.165, 1.54) is 11.3 Å². The number of aromatic nitrogens is 4. The molecule has 27 heavy (non-hydrogen) atoms. The molecular formula is C18H15N5O2S2. The Morgan fingerprint density at radius 3 is 2.85 bits per heavy atom. The van der Waals surface area contributed by atoms with Crippen molar-refractivity contribution in [2.45, 2.75) is 16.7 Å². The number of amides is 1. The molecule has 2 aromatic carbocycles. The van der Waals surface area contributed by atoms with E-state index in [1.54, 1.807) is 11.8 Å². The molecule has 9 heteroatoms. The lowest BCUT2D eigenvalue weighted by atomic mass is 10.2. The average molecular weight is 397 g/mol. The van der Waals surface area contributed by atoms with Crippen LogP contribution < -0.4 is 10.1 Å². The molecule has 4 aromatic rings. The fourth-order valence-corrected chi connectivity index (χ4v) is 4.82. The molecule has 0 unspecified atom stereocenters. The first-order chi connectivity index (χ1) is 13.2. The van der Waals surface area contributed by atoms with Crippen molar-refractivity contribution in [1.82, 2.24) is 20.6 Å². The molecule has 0 saturated carbocycles. The Labute approximate surface area is 163 Å². The average Bonchev–Trinajstić information content (AvgIpc) is 3.31. The van der Waals surface area contributed by atoms with E-state index < -0.39 is 0 Å². The lowest BCUT2D eigenvalue weighted by Gasteiger charge is -2.06. The van der Waals surface area contributed by atoms with Gasteiger partial charge in [0.1, 0.15) is 10.6 Å². The third-order valence-electron chi connectivity index (χ3n) is 3.66. The summed E-state index contributed by atoms with van der Waals surface area (Å²) in [5, 5.41) is 17.0. The number of carbonyl (C=O) groups excluding carboxylic acids is 1. The van der Waals surface area contributed by atoms with E-state index in [2.05, 4.69) is 25.9 Å². The summed E-state index contributed by atoms with van der Waals surface area (Å²) in [6.45, 7) is 2.53. The molecule has 136 valence electrons. The van der Waals surface area contributed by atoms with Gasteiger partial charge in [0.15, 0.2) is 0 Å². The van der Waals surface area contributed by atoms with Crippen LogP contribution in [0.4, 0.5) is 5.95 Å². The van der Waals surface area contributed by atoms with Crippen LogP contribution in [0.15, 0.2) is 58.3 Å². The molecule has 0 radical (unpaired) electrons. The number of thiophene rings is 1. The molecule has 2 N–H and O–H groups in total. The van der Waals surface area contributed by atoms with Crippen LogP contribution in [0.3, 0.4) is 0 Å². The number of nitrogens with one attached hydrogen (secondary N) is 2. The van der Waals surface area contributed by atoms with Crippen LogP contribution in [0.1, 0.15) is 16.6 Å². The van der Waals surface area contributed by atoms with E-state index in [0.29, 0.717) is 11.5 Å². The number of ether oxygens (including phenoxy) is 1. The zero-order valence-electron chi connectivity index (χ0n) is 14.3. The number of carbonyl (C=O) groups is 1. The summed E-state index contributed by atoms with van der Waals surface area (Å²) >= 11 is 2.97. The molecule has 0 aliphatic heterocycles. The number of H-pyrrole nitrogens is 1. The van der Waals surface area contributed by atoms with Gasteiger partial charge < -0.3 is 4.74 Å². The number of rotatable bonds is 6. The quantitative estimate of drug-likeness (QED) is 0.506. The van der Waals surface area contributed by atoms with Crippen molar-refractivity contribution in [3.8, 4) is 5.75 Å². The Morgan fingerprint density at radius 1 is 1.26 bits per heavy atom. The number of hydrogen-bond acceptors (Lipinski definition) is 7. The number of hydrogen-bond donors (Lipinski definition) is 2. The van der Waals surface area contributed by atoms with Crippen molar-refractivity contribution < 1.29 is 9.53 Å². The minimum Gasteiger partial charge on any atom is -0.494 e. The Morgan fingerprint density at radius 2 is 2.11 bits per heavy atom. The minimum atomic E-state index is -0.269. The van der Waals surface area contributed by atoms with E-state index in [1.807, 2.05) is 55.5 Å². The molecule has 0 bridgehead atoms. The molecule has 7 nitrogen and oxygen atoms in total. The second kappa shape index (κ2) is 7.77. The predicted octanol–water partition coefficient (Wildman–Crippen LogP) is 4.22. The van der Waals surface area contributed by atoms with Gasteiger partial charge in [-0.15, -0.1) is 16.4 Å². The normalized spacial score (nSPS) is 10.9. The van der Waals surface area contributed by atoms with Crippen molar-refractivity contribution in [1.29, 1.82) is 0 Å². The summed E-state index contributed by atoms with van der Waals surface area (Å²) < 4.78 is 6.65. The zero-order valence-corrected chi connectivity index (χ0v) is 15.9. The maximum atomic E-state index is 12.8. The standard InChI is InChI=1S/C18H15N5O2S2/c1-2-25-11-8-9-14-13(10-11)15(26-12-6-4-3-5-7-12)16(27-14)17(24)19-18-20-22-23-21-18/h3-10H,2H2,1H3,(H2,19,20,21,22,23,24). The first-order valence-electron chi connectivity index (χ1n) is 8.21. The van der Waals surface area contributed by atoms with Gasteiger partial charge in [-0.05, 0) is 42.5 Å². The van der Waals surface area contributed by atoms with Gasteiger partial charge in [0.2, 0.25) is 0 Å². The van der Waals surface area contributed by atoms with Crippen molar-refractivity contribution in [3.05, 3.63) is 53.4 Å². The highest BCUT2D eigenvalue weighted by Gasteiger charge is 2.21. The molecule has 0 atom stereocenters. The molecule has 2 heterocycles. The number of anilines is 1. The maximum absolute atomic E-state index is 12.8. The van der Waals surface area contributed by atoms with E-state index in [9.17, 15) is 4.79 Å². The smallest absolute Gasteiger partial charge is 0.270 e. The third-order valence-corrected chi connectivity index (χ3v) is 6.10. The van der Waals surface area contributed by atoms with Crippen LogP contribution in [-0.4, -0.2) is 33.1 Å². The number of tetrazole rings is 1.